The molecule has 16 heteroatoms. The van der Waals surface area contributed by atoms with Gasteiger partial charge in [0.05, 0.1) is 22.2 Å². The number of nitrogens with zero attached hydrogens (tertiary/aromatic N) is 4. The number of piperidine rings is 1. The summed E-state index contributed by atoms with van der Waals surface area (Å²) in [5.41, 5.74) is 5.72. The molecule has 62 heavy (non-hydrogen) atoms. The normalized spacial score (nSPS) is 18.6. The second-order valence-electron chi connectivity index (χ2n) is 16.4. The van der Waals surface area contributed by atoms with Crippen LogP contribution in [0.4, 0.5) is 26.0 Å². The summed E-state index contributed by atoms with van der Waals surface area (Å²) < 4.78 is 33.3. The van der Waals surface area contributed by atoms with Crippen molar-refractivity contribution in [1.82, 2.24) is 25.3 Å². The minimum Gasteiger partial charge on any atom is -0.381 e. The molecule has 14 nitrogen and oxygen atoms in total. The minimum absolute atomic E-state index is 0.0753. The highest BCUT2D eigenvalue weighted by Gasteiger charge is 2.44. The van der Waals surface area contributed by atoms with Gasteiger partial charge in [0.2, 0.25) is 11.8 Å². The van der Waals surface area contributed by atoms with Crippen LogP contribution in [0.15, 0.2) is 72.8 Å². The van der Waals surface area contributed by atoms with E-state index in [1.165, 1.54) is 12.1 Å². The van der Waals surface area contributed by atoms with E-state index < -0.39 is 41.3 Å². The van der Waals surface area contributed by atoms with Crippen molar-refractivity contribution >= 4 is 57.6 Å². The summed E-state index contributed by atoms with van der Waals surface area (Å²) in [4.78, 5) is 70.2. The zero-order chi connectivity index (χ0) is 42.9. The van der Waals surface area contributed by atoms with Crippen molar-refractivity contribution in [2.75, 3.05) is 61.5 Å². The number of aromatic amines is 1. The molecule has 1 unspecified atom stereocenters. The summed E-state index contributed by atoms with van der Waals surface area (Å²) in [6.07, 6.45) is 3.68. The van der Waals surface area contributed by atoms with E-state index in [1.54, 1.807) is 12.1 Å². The first-order valence-corrected chi connectivity index (χ1v) is 21.1. The van der Waals surface area contributed by atoms with Crippen molar-refractivity contribution in [2.24, 2.45) is 0 Å². The maximum absolute atomic E-state index is 14.0. The van der Waals surface area contributed by atoms with Crippen LogP contribution < -0.4 is 20.9 Å². The number of ether oxygens (including phenoxy) is 1. The molecule has 4 N–H and O–H groups in total. The van der Waals surface area contributed by atoms with E-state index in [0.717, 1.165) is 85.5 Å². The maximum Gasteiger partial charge on any atom is 0.262 e. The fourth-order valence-corrected chi connectivity index (χ4v) is 8.91. The molecular weight excluding hydrogens is 799 g/mol. The minimum atomic E-state index is -0.990. The largest absolute Gasteiger partial charge is 0.381 e. The lowest BCUT2D eigenvalue weighted by atomic mass is 10.0. The Kier molecular flexibility index (Phi) is 11.5. The van der Waals surface area contributed by atoms with Crippen LogP contribution in [0.5, 0.6) is 0 Å². The van der Waals surface area contributed by atoms with Gasteiger partial charge >= 0.3 is 0 Å². The third-order valence-corrected chi connectivity index (χ3v) is 12.2. The standard InChI is InChI=1S/C46H46F2N8O6/c47-30-21-29(22-31(48)25-30)20-28-4-8-38-37(24-28)42(53-52-38)51-43(58)35-7-5-33(26-39(35)49-32-11-18-62-19-12-32)55-16-14-54(15-17-55)13-1-2-27-3-6-34-36(23-27)46(61)56(45(34)60)40-9-10-41(57)50-44(40)59/h3-8,21-26,32,40,49H,1-2,9-20H2,(H,50,57,59)(H2,51,52,53,58). The summed E-state index contributed by atoms with van der Waals surface area (Å²) in [5, 5.41) is 16.9. The topological polar surface area (TPSA) is 169 Å². The molecule has 0 spiro atoms. The summed E-state index contributed by atoms with van der Waals surface area (Å²) >= 11 is 0. The Hall–Kier alpha value is -6.52. The molecule has 3 fully saturated rings. The van der Waals surface area contributed by atoms with Gasteiger partial charge in [-0.1, -0.05) is 12.1 Å². The average Bonchev–Trinajstić information content (AvgIpc) is 3.76. The first-order valence-electron chi connectivity index (χ1n) is 21.1. The van der Waals surface area contributed by atoms with Crippen molar-refractivity contribution in [2.45, 2.75) is 57.0 Å². The van der Waals surface area contributed by atoms with Crippen molar-refractivity contribution in [3.8, 4) is 0 Å². The molecule has 1 atom stereocenters. The highest BCUT2D eigenvalue weighted by atomic mass is 19.1. The van der Waals surface area contributed by atoms with Gasteiger partial charge in [-0.15, -0.1) is 0 Å². The van der Waals surface area contributed by atoms with Crippen molar-refractivity contribution < 1.29 is 37.5 Å². The van der Waals surface area contributed by atoms with Crippen LogP contribution in [-0.4, -0.2) is 108 Å². The van der Waals surface area contributed by atoms with Gasteiger partial charge in [-0.2, -0.15) is 5.10 Å². The molecule has 0 saturated carbocycles. The fourth-order valence-electron chi connectivity index (χ4n) is 8.91. The third kappa shape index (κ3) is 8.65. The van der Waals surface area contributed by atoms with E-state index in [1.807, 2.05) is 42.5 Å². The van der Waals surface area contributed by atoms with Crippen LogP contribution in [0, 0.1) is 11.6 Å². The van der Waals surface area contributed by atoms with Crippen LogP contribution in [-0.2, 0) is 27.2 Å². The van der Waals surface area contributed by atoms with Crippen LogP contribution >= 0.6 is 0 Å². The number of imide groups is 2. The number of carbonyl (C=O) groups excluding carboxylic acids is 5. The van der Waals surface area contributed by atoms with Gasteiger partial charge < -0.3 is 20.3 Å². The van der Waals surface area contributed by atoms with Crippen molar-refractivity contribution in [3.63, 3.8) is 0 Å². The number of halogens is 2. The molecule has 320 valence electrons. The molecule has 4 aliphatic heterocycles. The Balaban J connectivity index is 0.827. The highest BCUT2D eigenvalue weighted by Crippen LogP contribution is 2.31. The van der Waals surface area contributed by atoms with E-state index in [4.69, 9.17) is 4.74 Å². The molecule has 5 aromatic rings. The first-order chi connectivity index (χ1) is 30.1. The number of hydrogen-bond donors (Lipinski definition) is 4. The molecule has 9 rings (SSSR count). The Morgan fingerprint density at radius 2 is 1.56 bits per heavy atom. The molecule has 0 bridgehead atoms. The number of fused-ring (bicyclic) bond motifs is 2. The number of H-pyrrole nitrogens is 1. The number of anilines is 3. The van der Waals surface area contributed by atoms with Gasteiger partial charge in [0.1, 0.15) is 17.7 Å². The fraction of sp³-hybridized carbons (Fsp3) is 0.348. The second-order valence-corrected chi connectivity index (χ2v) is 16.4. The smallest absolute Gasteiger partial charge is 0.262 e. The van der Waals surface area contributed by atoms with Crippen LogP contribution in [0.3, 0.4) is 0 Å². The van der Waals surface area contributed by atoms with E-state index in [9.17, 15) is 32.8 Å². The summed E-state index contributed by atoms with van der Waals surface area (Å²) in [6.45, 7) is 5.38. The Labute approximate surface area is 356 Å². The van der Waals surface area contributed by atoms with E-state index in [2.05, 4.69) is 35.9 Å². The van der Waals surface area contributed by atoms with Crippen molar-refractivity contribution in [3.05, 3.63) is 118 Å². The number of amides is 5. The predicted molar refractivity (Wildman–Crippen MR) is 227 cm³/mol. The highest BCUT2D eigenvalue weighted by molar-refractivity contribution is 6.23. The Morgan fingerprint density at radius 3 is 2.34 bits per heavy atom. The zero-order valence-electron chi connectivity index (χ0n) is 34.0. The molecule has 5 amide bonds. The molecule has 0 aliphatic carbocycles. The summed E-state index contributed by atoms with van der Waals surface area (Å²) in [6, 6.07) is 19.3. The lowest BCUT2D eigenvalue weighted by molar-refractivity contribution is -0.136. The first kappa shape index (κ1) is 40.9. The Morgan fingerprint density at radius 1 is 0.806 bits per heavy atom. The van der Waals surface area contributed by atoms with Gasteiger partial charge in [-0.3, -0.25) is 44.2 Å². The SMILES string of the molecule is O=C1CCC(N2C(=O)c3ccc(CCCN4CCN(c5ccc(C(=O)Nc6n[nH]c7ccc(Cc8cc(F)cc(F)c8)cc67)c(NC6CCOCC6)c5)CC4)cc3C2=O)C(=O)N1. The number of nitrogens with one attached hydrogen (secondary N) is 4. The number of benzene rings is 4. The monoisotopic (exact) mass is 844 g/mol. The van der Waals surface area contributed by atoms with Gasteiger partial charge in [0, 0.05) is 74.7 Å². The summed E-state index contributed by atoms with van der Waals surface area (Å²) in [7, 11) is 0. The Bertz CT molecular complexity index is 2560. The number of aromatic nitrogens is 2. The molecular formula is C46H46F2N8O6. The molecule has 4 aromatic carbocycles. The van der Waals surface area contributed by atoms with Gasteiger partial charge in [0.15, 0.2) is 5.82 Å². The van der Waals surface area contributed by atoms with Crippen LogP contribution in [0.25, 0.3) is 10.9 Å². The molecule has 0 radical (unpaired) electrons. The van der Waals surface area contributed by atoms with Gasteiger partial charge in [-0.05, 0) is 116 Å². The van der Waals surface area contributed by atoms with E-state index in [0.29, 0.717) is 59.5 Å². The van der Waals surface area contributed by atoms with E-state index >= 15 is 0 Å². The zero-order valence-corrected chi connectivity index (χ0v) is 34.0. The quantitative estimate of drug-likeness (QED) is 0.119. The van der Waals surface area contributed by atoms with Gasteiger partial charge in [0.25, 0.3) is 17.7 Å². The van der Waals surface area contributed by atoms with Crippen molar-refractivity contribution in [1.29, 1.82) is 0 Å². The summed E-state index contributed by atoms with van der Waals surface area (Å²) in [5.74, 6) is -3.29. The maximum atomic E-state index is 14.0. The lowest BCUT2D eigenvalue weighted by Crippen LogP contribution is -2.54. The molecule has 5 heterocycles. The molecule has 3 saturated heterocycles. The number of carbonyl (C=O) groups is 5. The number of piperazine rings is 1. The van der Waals surface area contributed by atoms with Gasteiger partial charge in [-0.25, -0.2) is 8.78 Å². The number of aryl methyl sites for hydroxylation is 1. The molecule has 1 aromatic heterocycles. The van der Waals surface area contributed by atoms with Crippen LogP contribution in [0.2, 0.25) is 0 Å². The predicted octanol–water partition coefficient (Wildman–Crippen LogP) is 5.43. The third-order valence-electron chi connectivity index (χ3n) is 12.2. The van der Waals surface area contributed by atoms with E-state index in [-0.39, 0.29) is 30.4 Å². The molecule has 4 aliphatic rings. The number of hydrogen-bond acceptors (Lipinski definition) is 10. The lowest BCUT2D eigenvalue weighted by Gasteiger charge is -2.36. The van der Waals surface area contributed by atoms with Crippen LogP contribution in [0.1, 0.15) is 79.9 Å². The number of rotatable bonds is 12. The average molecular weight is 845 g/mol. The second kappa shape index (κ2) is 17.5.